The number of piperidine rings is 1. The lowest BCUT2D eigenvalue weighted by atomic mass is 10.1. The molecule has 1 aromatic rings. The van der Waals surface area contributed by atoms with Gasteiger partial charge in [-0.1, -0.05) is 12.1 Å². The molecule has 1 atom stereocenters. The molecule has 0 unspecified atom stereocenters. The van der Waals surface area contributed by atoms with Gasteiger partial charge in [-0.3, -0.25) is 4.79 Å². The van der Waals surface area contributed by atoms with Gasteiger partial charge >= 0.3 is 0 Å². The lowest BCUT2D eigenvalue weighted by molar-refractivity contribution is -0.121. The number of ether oxygens (including phenoxy) is 1. The highest BCUT2D eigenvalue weighted by Crippen LogP contribution is 2.18. The van der Waals surface area contributed by atoms with Crippen LogP contribution in [-0.2, 0) is 26.0 Å². The van der Waals surface area contributed by atoms with Crippen molar-refractivity contribution in [3.63, 3.8) is 0 Å². The molecule has 7 nitrogen and oxygen atoms in total. The Bertz CT molecular complexity index is 700. The van der Waals surface area contributed by atoms with Crippen molar-refractivity contribution in [2.24, 2.45) is 0 Å². The molecule has 2 N–H and O–H groups in total. The number of aryl methyl sites for hydroxylation is 1. The van der Waals surface area contributed by atoms with Crippen LogP contribution in [0.15, 0.2) is 29.2 Å². The van der Waals surface area contributed by atoms with Crippen molar-refractivity contribution in [2.75, 3.05) is 39.4 Å². The van der Waals surface area contributed by atoms with E-state index in [-0.39, 0.29) is 24.4 Å². The molecule has 1 amide bonds. The summed E-state index contributed by atoms with van der Waals surface area (Å²) in [5, 5.41) is 6.33. The van der Waals surface area contributed by atoms with Crippen LogP contribution in [0.1, 0.15) is 24.8 Å². The van der Waals surface area contributed by atoms with Crippen molar-refractivity contribution in [3.05, 3.63) is 29.8 Å². The molecule has 0 aliphatic carbocycles. The minimum atomic E-state index is -3.46. The summed E-state index contributed by atoms with van der Waals surface area (Å²) in [7, 11) is -3.46. The summed E-state index contributed by atoms with van der Waals surface area (Å²) in [4.78, 5) is 12.4. The molecule has 1 aromatic carbocycles. The summed E-state index contributed by atoms with van der Waals surface area (Å²) in [6.07, 6.45) is 3.12. The third kappa shape index (κ3) is 6.15. The van der Waals surface area contributed by atoms with E-state index in [4.69, 9.17) is 4.74 Å². The second-order valence-electron chi connectivity index (χ2n) is 6.77. The van der Waals surface area contributed by atoms with E-state index in [0.29, 0.717) is 44.0 Å². The van der Waals surface area contributed by atoms with Gasteiger partial charge in [0.25, 0.3) is 0 Å². The molecule has 3 rings (SSSR count). The Morgan fingerprint density at radius 2 is 1.93 bits per heavy atom. The van der Waals surface area contributed by atoms with Crippen molar-refractivity contribution < 1.29 is 17.9 Å². The highest BCUT2D eigenvalue weighted by molar-refractivity contribution is 7.89. The molecule has 2 saturated heterocycles. The Morgan fingerprint density at radius 1 is 1.22 bits per heavy atom. The van der Waals surface area contributed by atoms with Crippen LogP contribution >= 0.6 is 12.4 Å². The standard InChI is InChI=1S/C18H27N3O4S.ClH/c22-18(20-16-2-1-9-19-14-16)8-5-15-3-6-17(7-4-15)26(23,24)21-10-12-25-13-11-21;/h3-4,6-7,16,19H,1-2,5,8-14H2,(H,20,22);1H/t16-;/m0./s1. The Morgan fingerprint density at radius 3 is 2.56 bits per heavy atom. The fourth-order valence-corrected chi connectivity index (χ4v) is 4.70. The number of hydrogen-bond donors (Lipinski definition) is 2. The van der Waals surface area contributed by atoms with Crippen molar-refractivity contribution in [1.29, 1.82) is 0 Å². The predicted octanol–water partition coefficient (Wildman–Crippen LogP) is 0.930. The van der Waals surface area contributed by atoms with Crippen molar-refractivity contribution in [2.45, 2.75) is 36.6 Å². The minimum absolute atomic E-state index is 0. The molecule has 27 heavy (non-hydrogen) atoms. The second kappa shape index (κ2) is 10.4. The molecular formula is C18H28ClN3O4S. The molecule has 0 radical (unpaired) electrons. The number of benzene rings is 1. The van der Waals surface area contributed by atoms with Crippen LogP contribution < -0.4 is 10.6 Å². The molecule has 2 heterocycles. The Balaban J connectivity index is 0.00000261. The zero-order valence-corrected chi connectivity index (χ0v) is 17.0. The minimum Gasteiger partial charge on any atom is -0.379 e. The number of nitrogens with zero attached hydrogens (tertiary/aromatic N) is 1. The van der Waals surface area contributed by atoms with E-state index in [9.17, 15) is 13.2 Å². The van der Waals surface area contributed by atoms with Gasteiger partial charge in [-0.2, -0.15) is 4.31 Å². The number of amides is 1. The zero-order valence-electron chi connectivity index (χ0n) is 15.4. The maximum absolute atomic E-state index is 12.6. The van der Waals surface area contributed by atoms with Crippen molar-refractivity contribution in [3.8, 4) is 0 Å². The molecule has 9 heteroatoms. The van der Waals surface area contributed by atoms with E-state index >= 15 is 0 Å². The van der Waals surface area contributed by atoms with Crippen LogP contribution in [-0.4, -0.2) is 64.1 Å². The van der Waals surface area contributed by atoms with Gasteiger partial charge in [0, 0.05) is 32.1 Å². The third-order valence-electron chi connectivity index (χ3n) is 4.83. The molecule has 0 aromatic heterocycles. The molecular weight excluding hydrogens is 390 g/mol. The number of carbonyl (C=O) groups excluding carboxylic acids is 1. The van der Waals surface area contributed by atoms with Gasteiger partial charge in [-0.15, -0.1) is 12.4 Å². The van der Waals surface area contributed by atoms with Crippen molar-refractivity contribution >= 4 is 28.3 Å². The van der Waals surface area contributed by atoms with E-state index < -0.39 is 10.0 Å². The van der Waals surface area contributed by atoms with Crippen LogP contribution in [0.5, 0.6) is 0 Å². The fourth-order valence-electron chi connectivity index (χ4n) is 3.30. The van der Waals surface area contributed by atoms with Gasteiger partial charge in [-0.25, -0.2) is 8.42 Å². The SMILES string of the molecule is Cl.O=C(CCc1ccc(S(=O)(=O)N2CCOCC2)cc1)N[C@H]1CCCNC1. The van der Waals surface area contributed by atoms with Crippen LogP contribution in [0, 0.1) is 0 Å². The summed E-state index contributed by atoms with van der Waals surface area (Å²) in [5.74, 6) is 0.0451. The number of nitrogens with one attached hydrogen (secondary N) is 2. The number of hydrogen-bond acceptors (Lipinski definition) is 5. The normalized spacial score (nSPS) is 21.3. The van der Waals surface area contributed by atoms with E-state index in [2.05, 4.69) is 10.6 Å². The van der Waals surface area contributed by atoms with Gasteiger partial charge in [0.05, 0.1) is 18.1 Å². The largest absolute Gasteiger partial charge is 0.379 e. The van der Waals surface area contributed by atoms with E-state index in [1.54, 1.807) is 24.3 Å². The second-order valence-corrected chi connectivity index (χ2v) is 8.71. The monoisotopic (exact) mass is 417 g/mol. The summed E-state index contributed by atoms with van der Waals surface area (Å²) >= 11 is 0. The molecule has 152 valence electrons. The van der Waals surface area contributed by atoms with E-state index in [1.165, 1.54) is 4.31 Å². The molecule has 0 saturated carbocycles. The molecule has 2 fully saturated rings. The van der Waals surface area contributed by atoms with Crippen LogP contribution in [0.3, 0.4) is 0 Å². The Labute approximate surface area is 167 Å². The van der Waals surface area contributed by atoms with Gasteiger partial charge in [0.2, 0.25) is 15.9 Å². The average Bonchev–Trinajstić information content (AvgIpc) is 2.68. The Hall–Kier alpha value is -1.19. The quantitative estimate of drug-likeness (QED) is 0.719. The smallest absolute Gasteiger partial charge is 0.243 e. The first kappa shape index (κ1) is 22.1. The summed E-state index contributed by atoms with van der Waals surface area (Å²) in [6, 6.07) is 7.06. The van der Waals surface area contributed by atoms with Crippen LogP contribution in [0.25, 0.3) is 0 Å². The van der Waals surface area contributed by atoms with Gasteiger partial charge < -0.3 is 15.4 Å². The zero-order chi connectivity index (χ0) is 18.4. The molecule has 2 aliphatic rings. The number of rotatable bonds is 6. The third-order valence-corrected chi connectivity index (χ3v) is 6.75. The number of halogens is 1. The average molecular weight is 418 g/mol. The number of morpholine rings is 1. The van der Waals surface area contributed by atoms with Gasteiger partial charge in [0.15, 0.2) is 0 Å². The number of sulfonamides is 1. The van der Waals surface area contributed by atoms with Crippen LogP contribution in [0.4, 0.5) is 0 Å². The highest BCUT2D eigenvalue weighted by atomic mass is 35.5. The molecule has 2 aliphatic heterocycles. The highest BCUT2D eigenvalue weighted by Gasteiger charge is 2.26. The summed E-state index contributed by atoms with van der Waals surface area (Å²) < 4.78 is 31.8. The maximum Gasteiger partial charge on any atom is 0.243 e. The maximum atomic E-state index is 12.6. The fraction of sp³-hybridized carbons (Fsp3) is 0.611. The first-order valence-corrected chi connectivity index (χ1v) is 10.7. The van der Waals surface area contributed by atoms with E-state index in [0.717, 1.165) is 31.5 Å². The predicted molar refractivity (Wildman–Crippen MR) is 106 cm³/mol. The molecule has 0 spiro atoms. The topological polar surface area (TPSA) is 87.7 Å². The van der Waals surface area contributed by atoms with Gasteiger partial charge in [0.1, 0.15) is 0 Å². The number of carbonyl (C=O) groups is 1. The summed E-state index contributed by atoms with van der Waals surface area (Å²) in [6.45, 7) is 3.50. The first-order valence-electron chi connectivity index (χ1n) is 9.22. The lowest BCUT2D eigenvalue weighted by Gasteiger charge is -2.26. The Kier molecular flexibility index (Phi) is 8.50. The van der Waals surface area contributed by atoms with Crippen LogP contribution in [0.2, 0.25) is 0 Å². The molecule has 0 bridgehead atoms. The first-order chi connectivity index (χ1) is 12.6. The van der Waals surface area contributed by atoms with Crippen molar-refractivity contribution in [1.82, 2.24) is 14.9 Å². The van der Waals surface area contributed by atoms with Gasteiger partial charge in [-0.05, 0) is 43.5 Å². The lowest BCUT2D eigenvalue weighted by Crippen LogP contribution is -2.45. The van der Waals surface area contributed by atoms with E-state index in [1.807, 2.05) is 0 Å². The summed E-state index contributed by atoms with van der Waals surface area (Å²) in [5.41, 5.74) is 0.961.